The van der Waals surface area contributed by atoms with E-state index in [-0.39, 0.29) is 11.9 Å². The lowest BCUT2D eigenvalue weighted by Gasteiger charge is -2.12. The Kier molecular flexibility index (Phi) is 2.07. The van der Waals surface area contributed by atoms with Crippen LogP contribution in [0.25, 0.3) is 11.0 Å². The molecule has 16 heavy (non-hydrogen) atoms. The van der Waals surface area contributed by atoms with E-state index in [1.165, 1.54) is 12.1 Å². The third kappa shape index (κ3) is 1.36. The molecule has 0 saturated carbocycles. The van der Waals surface area contributed by atoms with Crippen LogP contribution in [0.15, 0.2) is 18.2 Å². The number of benzene rings is 1. The molecule has 1 unspecified atom stereocenters. The van der Waals surface area contributed by atoms with Crippen molar-refractivity contribution in [3.05, 3.63) is 24.0 Å². The molecule has 2 N–H and O–H groups in total. The molecule has 1 aliphatic heterocycles. The fraction of sp³-hybridized carbons (Fsp3) is 0.364. The lowest BCUT2D eigenvalue weighted by molar-refractivity contribution is 0.187. The SMILES string of the molecule is Nc1nc2ccc(F)cc2n1C1CCOC1. The van der Waals surface area contributed by atoms with Crippen LogP contribution in [0.3, 0.4) is 0 Å². The molecule has 1 aromatic carbocycles. The number of hydrogen-bond acceptors (Lipinski definition) is 3. The van der Waals surface area contributed by atoms with Gasteiger partial charge in [0.25, 0.3) is 0 Å². The summed E-state index contributed by atoms with van der Waals surface area (Å²) in [6, 6.07) is 4.68. The van der Waals surface area contributed by atoms with Crippen LogP contribution < -0.4 is 5.73 Å². The van der Waals surface area contributed by atoms with E-state index in [1.807, 2.05) is 4.57 Å². The van der Waals surface area contributed by atoms with E-state index in [9.17, 15) is 4.39 Å². The summed E-state index contributed by atoms with van der Waals surface area (Å²) in [7, 11) is 0. The monoisotopic (exact) mass is 221 g/mol. The number of hydrogen-bond donors (Lipinski definition) is 1. The van der Waals surface area contributed by atoms with Gasteiger partial charge in [-0.25, -0.2) is 9.37 Å². The van der Waals surface area contributed by atoms with Gasteiger partial charge in [-0.3, -0.25) is 0 Å². The summed E-state index contributed by atoms with van der Waals surface area (Å²) >= 11 is 0. The molecule has 1 fully saturated rings. The summed E-state index contributed by atoms with van der Waals surface area (Å²) in [5.74, 6) is 0.156. The number of nitrogen functional groups attached to an aromatic ring is 1. The molecular formula is C11H12FN3O. The van der Waals surface area contributed by atoms with Crippen molar-refractivity contribution >= 4 is 17.0 Å². The number of anilines is 1. The highest BCUT2D eigenvalue weighted by Crippen LogP contribution is 2.28. The Hall–Kier alpha value is -1.62. The van der Waals surface area contributed by atoms with E-state index < -0.39 is 0 Å². The van der Waals surface area contributed by atoms with Crippen molar-refractivity contribution in [2.45, 2.75) is 12.5 Å². The zero-order valence-electron chi connectivity index (χ0n) is 8.69. The standard InChI is InChI=1S/C11H12FN3O/c12-7-1-2-9-10(5-7)15(11(13)14-9)8-3-4-16-6-8/h1-2,5,8H,3-4,6H2,(H2,13,14). The molecule has 2 heterocycles. The summed E-state index contributed by atoms with van der Waals surface area (Å²) in [6.07, 6.45) is 0.895. The number of nitrogens with two attached hydrogens (primary N) is 1. The number of fused-ring (bicyclic) bond motifs is 1. The van der Waals surface area contributed by atoms with Gasteiger partial charge in [0.1, 0.15) is 5.82 Å². The normalized spacial score (nSPS) is 20.7. The van der Waals surface area contributed by atoms with E-state index in [0.717, 1.165) is 24.1 Å². The Balaban J connectivity index is 2.20. The van der Waals surface area contributed by atoms with Crippen molar-refractivity contribution < 1.29 is 9.13 Å². The number of rotatable bonds is 1. The molecule has 1 saturated heterocycles. The minimum Gasteiger partial charge on any atom is -0.379 e. The molecule has 5 heteroatoms. The highest BCUT2D eigenvalue weighted by molar-refractivity contribution is 5.78. The largest absolute Gasteiger partial charge is 0.379 e. The van der Waals surface area contributed by atoms with E-state index in [1.54, 1.807) is 6.07 Å². The van der Waals surface area contributed by atoms with Crippen LogP contribution in [-0.2, 0) is 4.74 Å². The molecule has 0 aliphatic carbocycles. The second-order valence-electron chi connectivity index (χ2n) is 3.99. The van der Waals surface area contributed by atoms with Gasteiger partial charge in [0.15, 0.2) is 0 Å². The second-order valence-corrected chi connectivity index (χ2v) is 3.99. The zero-order valence-corrected chi connectivity index (χ0v) is 8.69. The van der Waals surface area contributed by atoms with Crippen molar-refractivity contribution in [2.75, 3.05) is 18.9 Å². The fourth-order valence-corrected chi connectivity index (χ4v) is 2.19. The minimum atomic E-state index is -0.271. The Bertz CT molecular complexity index is 531. The Morgan fingerprint density at radius 1 is 1.50 bits per heavy atom. The van der Waals surface area contributed by atoms with Crippen molar-refractivity contribution in [2.24, 2.45) is 0 Å². The van der Waals surface area contributed by atoms with E-state index in [0.29, 0.717) is 12.6 Å². The number of nitrogens with zero attached hydrogens (tertiary/aromatic N) is 2. The highest BCUT2D eigenvalue weighted by atomic mass is 19.1. The van der Waals surface area contributed by atoms with Gasteiger partial charge in [-0.1, -0.05) is 0 Å². The van der Waals surface area contributed by atoms with Gasteiger partial charge in [0, 0.05) is 6.61 Å². The predicted octanol–water partition coefficient (Wildman–Crippen LogP) is 1.72. The summed E-state index contributed by atoms with van der Waals surface area (Å²) in [4.78, 5) is 4.22. The molecule has 0 amide bonds. The first-order valence-electron chi connectivity index (χ1n) is 5.26. The maximum atomic E-state index is 13.2. The second kappa shape index (κ2) is 3.45. The lowest BCUT2D eigenvalue weighted by atomic mass is 10.2. The average Bonchev–Trinajstić information content (AvgIpc) is 2.83. The van der Waals surface area contributed by atoms with Crippen LogP contribution in [0, 0.1) is 5.82 Å². The third-order valence-corrected chi connectivity index (χ3v) is 2.95. The fourth-order valence-electron chi connectivity index (χ4n) is 2.19. The van der Waals surface area contributed by atoms with Gasteiger partial charge in [-0.05, 0) is 24.6 Å². The molecule has 2 aromatic rings. The lowest BCUT2D eigenvalue weighted by Crippen LogP contribution is -2.11. The van der Waals surface area contributed by atoms with Crippen molar-refractivity contribution in [3.8, 4) is 0 Å². The molecule has 84 valence electrons. The Labute approximate surface area is 91.8 Å². The minimum absolute atomic E-state index is 0.173. The van der Waals surface area contributed by atoms with Gasteiger partial charge in [-0.2, -0.15) is 0 Å². The van der Waals surface area contributed by atoms with Crippen LogP contribution >= 0.6 is 0 Å². The summed E-state index contributed by atoms with van der Waals surface area (Å²) in [6.45, 7) is 1.34. The summed E-state index contributed by atoms with van der Waals surface area (Å²) in [5.41, 5.74) is 7.33. The van der Waals surface area contributed by atoms with Crippen molar-refractivity contribution in [1.82, 2.24) is 9.55 Å². The van der Waals surface area contributed by atoms with Gasteiger partial charge in [0.2, 0.25) is 5.95 Å². The van der Waals surface area contributed by atoms with E-state index in [4.69, 9.17) is 10.5 Å². The molecule has 3 rings (SSSR count). The van der Waals surface area contributed by atoms with Gasteiger partial charge in [-0.15, -0.1) is 0 Å². The number of ether oxygens (including phenoxy) is 1. The third-order valence-electron chi connectivity index (χ3n) is 2.95. The van der Waals surface area contributed by atoms with Crippen molar-refractivity contribution in [1.29, 1.82) is 0 Å². The van der Waals surface area contributed by atoms with Crippen LogP contribution in [0.1, 0.15) is 12.5 Å². The number of imidazole rings is 1. The first-order chi connectivity index (χ1) is 7.75. The quantitative estimate of drug-likeness (QED) is 0.797. The maximum absolute atomic E-state index is 13.2. The molecule has 1 aromatic heterocycles. The van der Waals surface area contributed by atoms with Gasteiger partial charge in [0.05, 0.1) is 23.7 Å². The predicted molar refractivity (Wildman–Crippen MR) is 58.6 cm³/mol. The van der Waals surface area contributed by atoms with Crippen LogP contribution in [0.2, 0.25) is 0 Å². The molecule has 4 nitrogen and oxygen atoms in total. The highest BCUT2D eigenvalue weighted by Gasteiger charge is 2.22. The van der Waals surface area contributed by atoms with E-state index >= 15 is 0 Å². The van der Waals surface area contributed by atoms with Crippen LogP contribution in [0.4, 0.5) is 10.3 Å². The zero-order chi connectivity index (χ0) is 11.1. The van der Waals surface area contributed by atoms with Crippen molar-refractivity contribution in [3.63, 3.8) is 0 Å². The number of aromatic nitrogens is 2. The smallest absolute Gasteiger partial charge is 0.201 e. The van der Waals surface area contributed by atoms with E-state index in [2.05, 4.69) is 4.98 Å². The van der Waals surface area contributed by atoms with Crippen LogP contribution in [-0.4, -0.2) is 22.8 Å². The Morgan fingerprint density at radius 2 is 2.38 bits per heavy atom. The molecular weight excluding hydrogens is 209 g/mol. The molecule has 1 atom stereocenters. The first kappa shape index (κ1) is 9.59. The average molecular weight is 221 g/mol. The van der Waals surface area contributed by atoms with Gasteiger partial charge < -0.3 is 15.0 Å². The molecule has 0 bridgehead atoms. The number of halogens is 1. The maximum Gasteiger partial charge on any atom is 0.201 e. The van der Waals surface area contributed by atoms with Crippen LogP contribution in [0.5, 0.6) is 0 Å². The summed E-state index contributed by atoms with van der Waals surface area (Å²) < 4.78 is 20.4. The molecule has 0 spiro atoms. The molecule has 1 aliphatic rings. The first-order valence-corrected chi connectivity index (χ1v) is 5.26. The topological polar surface area (TPSA) is 53.1 Å². The molecule has 0 radical (unpaired) electrons. The summed E-state index contributed by atoms with van der Waals surface area (Å²) in [5, 5.41) is 0. The Morgan fingerprint density at radius 3 is 3.12 bits per heavy atom. The van der Waals surface area contributed by atoms with Gasteiger partial charge >= 0.3 is 0 Å².